The van der Waals surface area contributed by atoms with Crippen LogP contribution in [0.3, 0.4) is 0 Å². The first-order valence-corrected chi connectivity index (χ1v) is 9.28. The Kier molecular flexibility index (Phi) is 5.97. The van der Waals surface area contributed by atoms with Gasteiger partial charge < -0.3 is 25.4 Å². The molecule has 29 heavy (non-hydrogen) atoms. The Morgan fingerprint density at radius 1 is 1.34 bits per heavy atom. The van der Waals surface area contributed by atoms with Gasteiger partial charge in [0.1, 0.15) is 11.4 Å². The third-order valence-electron chi connectivity index (χ3n) is 5.07. The smallest absolute Gasteiger partial charge is 0.332 e. The molecule has 0 aliphatic carbocycles. The van der Waals surface area contributed by atoms with Crippen molar-refractivity contribution in [1.82, 2.24) is 20.9 Å². The highest BCUT2D eigenvalue weighted by Crippen LogP contribution is 2.27. The molecule has 1 aromatic rings. The Labute approximate surface area is 166 Å². The number of amides is 4. The lowest BCUT2D eigenvalue weighted by Gasteiger charge is -2.37. The number of pyridine rings is 1. The first-order chi connectivity index (χ1) is 13.8. The number of aliphatic carboxylic acids is 1. The molecule has 2 saturated heterocycles. The van der Waals surface area contributed by atoms with Crippen LogP contribution in [-0.4, -0.2) is 71.8 Å². The summed E-state index contributed by atoms with van der Waals surface area (Å²) >= 11 is 0. The second-order valence-electron chi connectivity index (χ2n) is 6.99. The number of anilines is 1. The highest BCUT2D eigenvalue weighted by atomic mass is 16.5. The number of carbonyl (C=O) groups is 4. The van der Waals surface area contributed by atoms with Crippen LogP contribution in [0, 0.1) is 0 Å². The largest absolute Gasteiger partial charge is 0.479 e. The van der Waals surface area contributed by atoms with Crippen LogP contribution in [0.15, 0.2) is 18.3 Å². The van der Waals surface area contributed by atoms with E-state index in [1.165, 1.54) is 13.1 Å². The summed E-state index contributed by atoms with van der Waals surface area (Å²) in [5.41, 5.74) is -0.468. The van der Waals surface area contributed by atoms with Crippen LogP contribution in [0.4, 0.5) is 10.6 Å². The monoisotopic (exact) mass is 405 g/mol. The number of carbonyl (C=O) groups excluding carboxylic acids is 3. The van der Waals surface area contributed by atoms with Gasteiger partial charge in [-0.25, -0.2) is 14.6 Å². The van der Waals surface area contributed by atoms with Gasteiger partial charge in [0, 0.05) is 25.8 Å². The number of nitrogens with one attached hydrogen (secondary N) is 3. The highest BCUT2D eigenvalue weighted by molar-refractivity contribution is 6.07. The fourth-order valence-electron chi connectivity index (χ4n) is 3.28. The predicted molar refractivity (Wildman–Crippen MR) is 100 cm³/mol. The van der Waals surface area contributed by atoms with Gasteiger partial charge in [0.2, 0.25) is 0 Å². The molecule has 1 spiro atoms. The van der Waals surface area contributed by atoms with E-state index < -0.39 is 23.6 Å². The molecular weight excluding hydrogens is 382 g/mol. The summed E-state index contributed by atoms with van der Waals surface area (Å²) in [5, 5.41) is 16.4. The van der Waals surface area contributed by atoms with Crippen molar-refractivity contribution in [2.24, 2.45) is 0 Å². The van der Waals surface area contributed by atoms with Crippen LogP contribution < -0.4 is 20.9 Å². The Morgan fingerprint density at radius 2 is 2.07 bits per heavy atom. The third-order valence-corrected chi connectivity index (χ3v) is 5.07. The number of imide groups is 1. The van der Waals surface area contributed by atoms with Crippen molar-refractivity contribution < 1.29 is 29.0 Å². The average Bonchev–Trinajstić information content (AvgIpc) is 2.98. The van der Waals surface area contributed by atoms with Gasteiger partial charge in [-0.05, 0) is 31.9 Å². The van der Waals surface area contributed by atoms with Crippen molar-refractivity contribution in [3.05, 3.63) is 23.9 Å². The van der Waals surface area contributed by atoms with Gasteiger partial charge in [0.05, 0.1) is 12.2 Å². The lowest BCUT2D eigenvalue weighted by molar-refractivity contribution is -0.148. The minimum absolute atomic E-state index is 0.0877. The van der Waals surface area contributed by atoms with E-state index in [0.717, 1.165) is 0 Å². The standard InChI is InChI=1S/C18H23N5O6/c1-11(15(25)26)29-9-6-19-14(24)12-2-3-13(20-10-12)23-7-4-18(5-8-23)16(27)21-17(28)22-18/h2-3,10-11H,4-9H2,1H3,(H,19,24)(H,25,26)(H2,21,22,27,28). The molecule has 2 aliphatic heterocycles. The first-order valence-electron chi connectivity index (χ1n) is 9.28. The van der Waals surface area contributed by atoms with Crippen LogP contribution >= 0.6 is 0 Å². The van der Waals surface area contributed by atoms with Crippen molar-refractivity contribution in [3.8, 4) is 0 Å². The number of hydrogen-bond donors (Lipinski definition) is 4. The maximum Gasteiger partial charge on any atom is 0.332 e. The molecule has 0 aromatic carbocycles. The zero-order chi connectivity index (χ0) is 21.0. The van der Waals surface area contributed by atoms with Gasteiger partial charge in [0.15, 0.2) is 6.10 Å². The fraction of sp³-hybridized carbons (Fsp3) is 0.500. The topological polar surface area (TPSA) is 150 Å². The Balaban J connectivity index is 1.48. The highest BCUT2D eigenvalue weighted by Gasteiger charge is 2.47. The number of carboxylic acid groups (broad SMARTS) is 1. The fourth-order valence-corrected chi connectivity index (χ4v) is 3.28. The molecule has 3 rings (SSSR count). The molecule has 4 amide bonds. The molecule has 11 nitrogen and oxygen atoms in total. The van der Waals surface area contributed by atoms with Gasteiger partial charge in [-0.2, -0.15) is 0 Å². The summed E-state index contributed by atoms with van der Waals surface area (Å²) in [6.07, 6.45) is 1.48. The molecule has 0 radical (unpaired) electrons. The van der Waals surface area contributed by atoms with Crippen molar-refractivity contribution in [2.75, 3.05) is 31.1 Å². The number of rotatable bonds is 7. The molecule has 0 saturated carbocycles. The predicted octanol–water partition coefficient (Wildman–Crippen LogP) is -0.520. The summed E-state index contributed by atoms with van der Waals surface area (Å²) in [7, 11) is 0. The van der Waals surface area contributed by atoms with E-state index >= 15 is 0 Å². The first kappa shape index (κ1) is 20.5. The van der Waals surface area contributed by atoms with E-state index in [4.69, 9.17) is 9.84 Å². The number of ether oxygens (including phenoxy) is 1. The van der Waals surface area contributed by atoms with Crippen molar-refractivity contribution in [3.63, 3.8) is 0 Å². The van der Waals surface area contributed by atoms with Crippen LogP contribution in [-0.2, 0) is 14.3 Å². The molecule has 1 atom stereocenters. The summed E-state index contributed by atoms with van der Waals surface area (Å²) in [4.78, 5) is 52.5. The molecule has 1 aromatic heterocycles. The molecule has 1 unspecified atom stereocenters. The third kappa shape index (κ3) is 4.62. The van der Waals surface area contributed by atoms with E-state index in [9.17, 15) is 19.2 Å². The van der Waals surface area contributed by atoms with Gasteiger partial charge in [-0.1, -0.05) is 0 Å². The lowest BCUT2D eigenvalue weighted by Crippen LogP contribution is -2.55. The normalized spacial score (nSPS) is 18.9. The lowest BCUT2D eigenvalue weighted by atomic mass is 9.88. The Morgan fingerprint density at radius 3 is 2.62 bits per heavy atom. The zero-order valence-corrected chi connectivity index (χ0v) is 15.9. The molecule has 156 valence electrons. The van der Waals surface area contributed by atoms with Crippen LogP contribution in [0.5, 0.6) is 0 Å². The summed E-state index contributed by atoms with van der Waals surface area (Å²) in [6.45, 7) is 2.78. The van der Waals surface area contributed by atoms with Crippen molar-refractivity contribution >= 4 is 29.6 Å². The van der Waals surface area contributed by atoms with Crippen molar-refractivity contribution in [1.29, 1.82) is 0 Å². The van der Waals surface area contributed by atoms with Crippen LogP contribution in [0.25, 0.3) is 0 Å². The average molecular weight is 405 g/mol. The van der Waals surface area contributed by atoms with E-state index in [1.807, 2.05) is 4.90 Å². The van der Waals surface area contributed by atoms with E-state index in [2.05, 4.69) is 20.9 Å². The second-order valence-corrected chi connectivity index (χ2v) is 6.99. The number of urea groups is 1. The summed E-state index contributed by atoms with van der Waals surface area (Å²) < 4.78 is 5.05. The Bertz CT molecular complexity index is 803. The molecular formula is C18H23N5O6. The minimum atomic E-state index is -1.06. The Hall–Kier alpha value is -3.21. The van der Waals surface area contributed by atoms with Crippen LogP contribution in [0.2, 0.25) is 0 Å². The minimum Gasteiger partial charge on any atom is -0.479 e. The van der Waals surface area contributed by atoms with E-state index in [1.54, 1.807) is 12.1 Å². The summed E-state index contributed by atoms with van der Waals surface area (Å²) in [5.74, 6) is -1.00. The van der Waals surface area contributed by atoms with Gasteiger partial charge in [-0.15, -0.1) is 0 Å². The number of hydrogen-bond acceptors (Lipinski definition) is 7. The number of carboxylic acids is 1. The van der Waals surface area contributed by atoms with E-state index in [0.29, 0.717) is 37.3 Å². The van der Waals surface area contributed by atoms with Gasteiger partial charge in [0.25, 0.3) is 11.8 Å². The van der Waals surface area contributed by atoms with Crippen molar-refractivity contribution in [2.45, 2.75) is 31.4 Å². The second kappa shape index (κ2) is 8.43. The zero-order valence-electron chi connectivity index (χ0n) is 15.9. The molecule has 0 bridgehead atoms. The maximum absolute atomic E-state index is 12.1. The maximum atomic E-state index is 12.1. The van der Waals surface area contributed by atoms with Gasteiger partial charge in [-0.3, -0.25) is 14.9 Å². The van der Waals surface area contributed by atoms with E-state index in [-0.39, 0.29) is 25.0 Å². The quantitative estimate of drug-likeness (QED) is 0.350. The number of piperidine rings is 1. The van der Waals surface area contributed by atoms with Gasteiger partial charge >= 0.3 is 12.0 Å². The molecule has 2 aliphatic rings. The number of nitrogens with zero attached hydrogens (tertiary/aromatic N) is 2. The SMILES string of the molecule is CC(OCCNC(=O)c1ccc(N2CCC3(CC2)NC(=O)NC3=O)nc1)C(=O)O. The molecule has 3 heterocycles. The number of aromatic nitrogens is 1. The summed E-state index contributed by atoms with van der Waals surface area (Å²) in [6, 6.07) is 2.91. The molecule has 4 N–H and O–H groups in total. The van der Waals surface area contributed by atoms with Crippen LogP contribution in [0.1, 0.15) is 30.1 Å². The molecule has 11 heteroatoms. The molecule has 2 fully saturated rings.